The Morgan fingerprint density at radius 2 is 1.96 bits per heavy atom. The smallest absolute Gasteiger partial charge is 0.251 e. The van der Waals surface area contributed by atoms with Gasteiger partial charge in [-0.2, -0.15) is 0 Å². The lowest BCUT2D eigenvalue weighted by Crippen LogP contribution is -2.16. The van der Waals surface area contributed by atoms with Gasteiger partial charge in [-0.1, -0.05) is 11.8 Å². The topological polar surface area (TPSA) is 101 Å². The zero-order valence-corrected chi connectivity index (χ0v) is 15.7. The maximum absolute atomic E-state index is 12.0. The van der Waals surface area contributed by atoms with Gasteiger partial charge in [0.25, 0.3) is 5.56 Å². The number of nitrogens with zero attached hydrogens (tertiary/aromatic N) is 1. The van der Waals surface area contributed by atoms with Gasteiger partial charge in [-0.3, -0.25) is 14.4 Å². The largest absolute Gasteiger partial charge is 0.373 e. The molecule has 0 aliphatic carbocycles. The first-order valence-corrected chi connectivity index (χ1v) is 9.07. The second-order valence-corrected chi connectivity index (χ2v) is 6.84. The number of nitrogens with one attached hydrogen (secondary N) is 2. The molecule has 0 spiro atoms. The molecule has 0 fully saturated rings. The number of benzene rings is 1. The molecule has 0 radical (unpaired) electrons. The average Bonchev–Trinajstić information content (AvgIpc) is 2.58. The zero-order chi connectivity index (χ0) is 19.1. The number of aromatic nitrogens is 2. The Hall–Kier alpha value is -2.45. The molecule has 0 saturated heterocycles. The molecule has 0 aliphatic rings. The average molecular weight is 375 g/mol. The molecule has 1 amide bonds. The monoisotopic (exact) mass is 375 g/mol. The van der Waals surface area contributed by atoms with E-state index in [0.717, 1.165) is 11.8 Å². The van der Waals surface area contributed by atoms with Crippen LogP contribution in [0.5, 0.6) is 0 Å². The number of Topliss-reactive ketones (excluding diaryl/α,β-unsaturated/α-hetero) is 1. The fraction of sp³-hybridized carbons (Fsp3) is 0.333. The lowest BCUT2D eigenvalue weighted by atomic mass is 10.1. The van der Waals surface area contributed by atoms with Gasteiger partial charge < -0.3 is 15.0 Å². The minimum atomic E-state index is -0.287. The van der Waals surface area contributed by atoms with E-state index in [9.17, 15) is 14.4 Å². The normalized spacial score (nSPS) is 10.8. The number of H-pyrrole nitrogens is 1. The third-order valence-electron chi connectivity index (χ3n) is 3.25. The summed E-state index contributed by atoms with van der Waals surface area (Å²) in [6, 6.07) is 8.03. The summed E-state index contributed by atoms with van der Waals surface area (Å²) in [6.07, 6.45) is 0.0346. The molecule has 0 unspecified atom stereocenters. The minimum absolute atomic E-state index is 0.0326. The maximum atomic E-state index is 12.0. The predicted molar refractivity (Wildman–Crippen MR) is 101 cm³/mol. The van der Waals surface area contributed by atoms with Crippen molar-refractivity contribution in [3.8, 4) is 0 Å². The van der Waals surface area contributed by atoms with Crippen molar-refractivity contribution in [2.75, 3.05) is 11.1 Å². The first-order chi connectivity index (χ1) is 12.3. The highest BCUT2D eigenvalue weighted by Crippen LogP contribution is 2.14. The maximum Gasteiger partial charge on any atom is 0.251 e. The van der Waals surface area contributed by atoms with Crippen LogP contribution in [0.1, 0.15) is 36.8 Å². The predicted octanol–water partition coefficient (Wildman–Crippen LogP) is 2.63. The summed E-state index contributed by atoms with van der Waals surface area (Å²) < 4.78 is 5.44. The molecule has 0 bridgehead atoms. The van der Waals surface area contributed by atoms with Crippen LogP contribution >= 0.6 is 11.8 Å². The van der Waals surface area contributed by atoms with E-state index >= 15 is 0 Å². The highest BCUT2D eigenvalue weighted by atomic mass is 32.2. The zero-order valence-electron chi connectivity index (χ0n) is 14.9. The fourth-order valence-electron chi connectivity index (χ4n) is 2.00. The molecule has 2 aromatic rings. The number of hydrogen-bond donors (Lipinski definition) is 2. The Balaban J connectivity index is 1.92. The molecule has 26 heavy (non-hydrogen) atoms. The van der Waals surface area contributed by atoms with E-state index in [0.29, 0.717) is 22.1 Å². The number of carbonyl (C=O) groups is 2. The van der Waals surface area contributed by atoms with Gasteiger partial charge >= 0.3 is 0 Å². The summed E-state index contributed by atoms with van der Waals surface area (Å²) in [6.45, 7) is 5.52. The number of thioether (sulfide) groups is 1. The third kappa shape index (κ3) is 6.45. The Bertz CT molecular complexity index is 831. The van der Waals surface area contributed by atoms with Gasteiger partial charge in [0.2, 0.25) is 5.91 Å². The molecular weight excluding hydrogens is 354 g/mol. The molecule has 2 N–H and O–H groups in total. The molecular formula is C18H21N3O4S. The van der Waals surface area contributed by atoms with Gasteiger partial charge in [-0.25, -0.2) is 4.98 Å². The second-order valence-electron chi connectivity index (χ2n) is 5.87. The van der Waals surface area contributed by atoms with Crippen molar-refractivity contribution in [2.24, 2.45) is 0 Å². The highest BCUT2D eigenvalue weighted by molar-refractivity contribution is 7.99. The Morgan fingerprint density at radius 3 is 2.58 bits per heavy atom. The molecule has 8 heteroatoms. The van der Waals surface area contributed by atoms with Crippen molar-refractivity contribution < 1.29 is 14.3 Å². The van der Waals surface area contributed by atoms with Crippen LogP contribution in [0.15, 0.2) is 40.3 Å². The van der Waals surface area contributed by atoms with Crippen molar-refractivity contribution in [2.45, 2.75) is 38.6 Å². The number of rotatable bonds is 8. The van der Waals surface area contributed by atoms with Crippen LogP contribution in [0.4, 0.5) is 5.69 Å². The van der Waals surface area contributed by atoms with E-state index in [1.54, 1.807) is 24.3 Å². The lowest BCUT2D eigenvalue weighted by molar-refractivity contribution is -0.113. The van der Waals surface area contributed by atoms with Gasteiger partial charge in [0.1, 0.15) is 0 Å². The van der Waals surface area contributed by atoms with Crippen LogP contribution < -0.4 is 10.9 Å². The van der Waals surface area contributed by atoms with Gasteiger partial charge in [0.05, 0.1) is 24.2 Å². The molecule has 2 rings (SSSR count). The summed E-state index contributed by atoms with van der Waals surface area (Å²) in [5, 5.41) is 3.09. The van der Waals surface area contributed by atoms with Crippen molar-refractivity contribution in [1.29, 1.82) is 0 Å². The van der Waals surface area contributed by atoms with Gasteiger partial charge in [-0.05, 0) is 45.0 Å². The Kier molecular flexibility index (Phi) is 7.11. The first kappa shape index (κ1) is 19.9. The standard InChI is InChI=1S/C18H21N3O4S/c1-11(2)25-9-15-8-16(23)21-18(20-15)26-10-17(24)19-14-6-4-13(5-7-14)12(3)22/h4-8,11H,9-10H2,1-3H3,(H,19,24)(H,20,21,23). The van der Waals surface area contributed by atoms with Crippen LogP contribution in [0.25, 0.3) is 0 Å². The van der Waals surface area contributed by atoms with Crippen LogP contribution in [0.3, 0.4) is 0 Å². The van der Waals surface area contributed by atoms with Crippen LogP contribution in [0.2, 0.25) is 0 Å². The Morgan fingerprint density at radius 1 is 1.27 bits per heavy atom. The number of amides is 1. The molecule has 0 saturated carbocycles. The SMILES string of the molecule is CC(=O)c1ccc(NC(=O)CSc2nc(COC(C)C)cc(=O)[nH]2)cc1. The van der Waals surface area contributed by atoms with E-state index in [1.165, 1.54) is 13.0 Å². The van der Waals surface area contributed by atoms with Crippen LogP contribution in [-0.4, -0.2) is 33.5 Å². The molecule has 0 aliphatic heterocycles. The van der Waals surface area contributed by atoms with Crippen LogP contribution in [-0.2, 0) is 16.1 Å². The summed E-state index contributed by atoms with van der Waals surface area (Å²) in [7, 11) is 0. The number of ether oxygens (including phenoxy) is 1. The van der Waals surface area contributed by atoms with E-state index in [2.05, 4.69) is 15.3 Å². The molecule has 1 heterocycles. The van der Waals surface area contributed by atoms with E-state index in [1.807, 2.05) is 13.8 Å². The van der Waals surface area contributed by atoms with E-state index < -0.39 is 0 Å². The Labute approximate surface area is 155 Å². The van der Waals surface area contributed by atoms with Gasteiger partial charge in [0, 0.05) is 17.3 Å². The van der Waals surface area contributed by atoms with Crippen molar-refractivity contribution in [3.05, 3.63) is 51.9 Å². The molecule has 0 atom stereocenters. The fourth-order valence-corrected chi connectivity index (χ4v) is 2.69. The summed E-state index contributed by atoms with van der Waals surface area (Å²) in [4.78, 5) is 41.9. The van der Waals surface area contributed by atoms with Gasteiger partial charge in [-0.15, -0.1) is 0 Å². The number of hydrogen-bond acceptors (Lipinski definition) is 6. The number of anilines is 1. The summed E-state index contributed by atoms with van der Waals surface area (Å²) in [5.74, 6) is -0.182. The molecule has 1 aromatic carbocycles. The number of aromatic amines is 1. The minimum Gasteiger partial charge on any atom is -0.373 e. The highest BCUT2D eigenvalue weighted by Gasteiger charge is 2.08. The van der Waals surface area contributed by atoms with E-state index in [4.69, 9.17) is 4.74 Å². The number of carbonyl (C=O) groups excluding carboxylic acids is 2. The van der Waals surface area contributed by atoms with Crippen LogP contribution in [0, 0.1) is 0 Å². The van der Waals surface area contributed by atoms with Crippen molar-refractivity contribution in [1.82, 2.24) is 9.97 Å². The third-order valence-corrected chi connectivity index (χ3v) is 4.13. The molecule has 1 aromatic heterocycles. The lowest BCUT2D eigenvalue weighted by Gasteiger charge is -2.08. The van der Waals surface area contributed by atoms with Gasteiger partial charge in [0.15, 0.2) is 10.9 Å². The number of ketones is 1. The molecule has 138 valence electrons. The van der Waals surface area contributed by atoms with Crippen molar-refractivity contribution >= 4 is 29.1 Å². The van der Waals surface area contributed by atoms with E-state index in [-0.39, 0.29) is 35.7 Å². The summed E-state index contributed by atoms with van der Waals surface area (Å²) >= 11 is 1.13. The quantitative estimate of drug-likeness (QED) is 0.418. The first-order valence-electron chi connectivity index (χ1n) is 8.09. The second kappa shape index (κ2) is 9.30. The van der Waals surface area contributed by atoms with Crippen molar-refractivity contribution in [3.63, 3.8) is 0 Å². The summed E-state index contributed by atoms with van der Waals surface area (Å²) in [5.41, 5.74) is 1.41. The molecule has 7 nitrogen and oxygen atoms in total.